The third-order valence-electron chi connectivity index (χ3n) is 4.11. The first-order valence-electron chi connectivity index (χ1n) is 7.74. The van der Waals surface area contributed by atoms with Gasteiger partial charge in [0.1, 0.15) is 0 Å². The number of nitrogens with zero attached hydrogens (tertiary/aromatic N) is 2. The third kappa shape index (κ3) is 4.15. The molecule has 0 N–H and O–H groups in total. The number of piperazine rings is 1. The van der Waals surface area contributed by atoms with E-state index in [1.165, 1.54) is 13.0 Å². The van der Waals surface area contributed by atoms with Crippen LogP contribution in [0.25, 0.3) is 0 Å². The van der Waals surface area contributed by atoms with Crippen molar-refractivity contribution in [3.8, 4) is 0 Å². The molecular weight excluding hydrogens is 248 g/mol. The first kappa shape index (κ1) is 15.2. The van der Waals surface area contributed by atoms with Crippen molar-refractivity contribution < 1.29 is 4.79 Å². The van der Waals surface area contributed by atoms with Gasteiger partial charge in [0.05, 0.1) is 0 Å². The first-order valence-corrected chi connectivity index (χ1v) is 7.74. The van der Waals surface area contributed by atoms with Crippen LogP contribution in [0.3, 0.4) is 0 Å². The summed E-state index contributed by atoms with van der Waals surface area (Å²) in [6.45, 7) is 10.8. The van der Waals surface area contributed by atoms with Crippen molar-refractivity contribution in [3.63, 3.8) is 0 Å². The van der Waals surface area contributed by atoms with E-state index in [0.717, 1.165) is 43.9 Å². The van der Waals surface area contributed by atoms with Crippen LogP contribution in [0.15, 0.2) is 24.3 Å². The highest BCUT2D eigenvalue weighted by molar-refractivity contribution is 5.97. The minimum absolute atomic E-state index is 0.277. The van der Waals surface area contributed by atoms with E-state index >= 15 is 0 Å². The second kappa shape index (κ2) is 7.55. The fourth-order valence-corrected chi connectivity index (χ4v) is 2.83. The average Bonchev–Trinajstić information content (AvgIpc) is 2.47. The van der Waals surface area contributed by atoms with E-state index in [1.54, 1.807) is 0 Å². The highest BCUT2D eigenvalue weighted by Gasteiger charge is 2.17. The molecule has 0 radical (unpaired) electrons. The number of benzene rings is 1. The van der Waals surface area contributed by atoms with E-state index in [0.29, 0.717) is 6.42 Å². The van der Waals surface area contributed by atoms with Crippen LogP contribution in [0.2, 0.25) is 0 Å². The van der Waals surface area contributed by atoms with Gasteiger partial charge in [0, 0.05) is 44.7 Å². The van der Waals surface area contributed by atoms with Crippen LogP contribution in [0.5, 0.6) is 0 Å². The van der Waals surface area contributed by atoms with Crippen molar-refractivity contribution in [1.82, 2.24) is 9.80 Å². The minimum atomic E-state index is 0.277. The molecule has 0 saturated carbocycles. The summed E-state index contributed by atoms with van der Waals surface area (Å²) in [5, 5.41) is 0. The number of hydrogen-bond acceptors (Lipinski definition) is 3. The van der Waals surface area contributed by atoms with Crippen molar-refractivity contribution in [1.29, 1.82) is 0 Å². The second-order valence-electron chi connectivity index (χ2n) is 5.67. The zero-order chi connectivity index (χ0) is 14.4. The fourth-order valence-electron chi connectivity index (χ4n) is 2.83. The van der Waals surface area contributed by atoms with Gasteiger partial charge in [-0.05, 0) is 25.5 Å². The maximum absolute atomic E-state index is 12.2. The lowest BCUT2D eigenvalue weighted by atomic mass is 10.0. The number of ketones is 1. The van der Waals surface area contributed by atoms with Crippen molar-refractivity contribution >= 4 is 5.78 Å². The lowest BCUT2D eigenvalue weighted by Gasteiger charge is -2.34. The van der Waals surface area contributed by atoms with Crippen LogP contribution in [0.4, 0.5) is 0 Å². The van der Waals surface area contributed by atoms with Gasteiger partial charge in [-0.3, -0.25) is 4.79 Å². The minimum Gasteiger partial charge on any atom is -0.301 e. The number of Topliss-reactive ketones (excluding diaryl/α,β-unsaturated/α-hetero) is 1. The summed E-state index contributed by atoms with van der Waals surface area (Å²) < 4.78 is 0. The Kier molecular flexibility index (Phi) is 5.74. The van der Waals surface area contributed by atoms with Crippen LogP contribution < -0.4 is 0 Å². The molecule has 20 heavy (non-hydrogen) atoms. The predicted molar refractivity (Wildman–Crippen MR) is 83.3 cm³/mol. The van der Waals surface area contributed by atoms with Gasteiger partial charge < -0.3 is 9.80 Å². The van der Waals surface area contributed by atoms with Gasteiger partial charge >= 0.3 is 0 Å². The molecule has 1 heterocycles. The molecular formula is C17H26N2O. The number of carbonyl (C=O) groups excluding carboxylic acids is 1. The average molecular weight is 274 g/mol. The van der Waals surface area contributed by atoms with E-state index in [4.69, 9.17) is 0 Å². The van der Waals surface area contributed by atoms with E-state index < -0.39 is 0 Å². The Balaban J connectivity index is 1.76. The molecule has 1 aromatic carbocycles. The molecule has 0 unspecified atom stereocenters. The lowest BCUT2D eigenvalue weighted by Crippen LogP contribution is -2.46. The first-order chi connectivity index (χ1) is 9.70. The molecule has 1 fully saturated rings. The summed E-state index contributed by atoms with van der Waals surface area (Å²) in [7, 11) is 0. The molecule has 110 valence electrons. The summed E-state index contributed by atoms with van der Waals surface area (Å²) in [5.74, 6) is 0.277. The summed E-state index contributed by atoms with van der Waals surface area (Å²) in [5.41, 5.74) is 1.97. The van der Waals surface area contributed by atoms with E-state index in [2.05, 4.69) is 16.7 Å². The van der Waals surface area contributed by atoms with Crippen LogP contribution >= 0.6 is 0 Å². The van der Waals surface area contributed by atoms with Gasteiger partial charge in [-0.15, -0.1) is 0 Å². The van der Waals surface area contributed by atoms with Gasteiger partial charge in [-0.25, -0.2) is 0 Å². The highest BCUT2D eigenvalue weighted by Crippen LogP contribution is 2.11. The number of rotatable bonds is 6. The van der Waals surface area contributed by atoms with Gasteiger partial charge in [0.2, 0.25) is 0 Å². The van der Waals surface area contributed by atoms with Gasteiger partial charge in [-0.2, -0.15) is 0 Å². The molecule has 3 nitrogen and oxygen atoms in total. The van der Waals surface area contributed by atoms with Crippen molar-refractivity contribution in [2.24, 2.45) is 0 Å². The number of aryl methyl sites for hydroxylation is 1. The third-order valence-corrected chi connectivity index (χ3v) is 4.11. The standard InChI is InChI=1S/C17H26N2O/c1-3-9-18-11-13-19(14-12-18)10-8-17(20)16-7-5-4-6-15(16)2/h4-7H,3,8-14H2,1-2H3. The van der Waals surface area contributed by atoms with Crippen LogP contribution in [0.1, 0.15) is 35.7 Å². The number of carbonyl (C=O) groups is 1. The lowest BCUT2D eigenvalue weighted by molar-refractivity contribution is 0.0928. The quantitative estimate of drug-likeness (QED) is 0.745. The van der Waals surface area contributed by atoms with Crippen LogP contribution in [0, 0.1) is 6.92 Å². The molecule has 0 aliphatic carbocycles. The molecule has 0 amide bonds. The summed E-state index contributed by atoms with van der Waals surface area (Å²) >= 11 is 0. The maximum atomic E-state index is 12.2. The van der Waals surface area contributed by atoms with E-state index in [1.807, 2.05) is 31.2 Å². The summed E-state index contributed by atoms with van der Waals surface area (Å²) in [4.78, 5) is 17.2. The summed E-state index contributed by atoms with van der Waals surface area (Å²) in [6.07, 6.45) is 1.87. The zero-order valence-corrected chi connectivity index (χ0v) is 12.8. The SMILES string of the molecule is CCCN1CCN(CCC(=O)c2ccccc2C)CC1. The topological polar surface area (TPSA) is 23.6 Å². The molecule has 1 aromatic rings. The Hall–Kier alpha value is -1.19. The fraction of sp³-hybridized carbons (Fsp3) is 0.588. The van der Waals surface area contributed by atoms with Gasteiger partial charge in [0.15, 0.2) is 5.78 Å². The van der Waals surface area contributed by atoms with E-state index in [-0.39, 0.29) is 5.78 Å². The Morgan fingerprint density at radius 1 is 1.05 bits per heavy atom. The monoisotopic (exact) mass is 274 g/mol. The summed E-state index contributed by atoms with van der Waals surface area (Å²) in [6, 6.07) is 7.89. The highest BCUT2D eigenvalue weighted by atomic mass is 16.1. The molecule has 3 heteroatoms. The zero-order valence-electron chi connectivity index (χ0n) is 12.8. The predicted octanol–water partition coefficient (Wildman–Crippen LogP) is 2.60. The van der Waals surface area contributed by atoms with Crippen LogP contribution in [-0.4, -0.2) is 54.9 Å². The second-order valence-corrected chi connectivity index (χ2v) is 5.67. The largest absolute Gasteiger partial charge is 0.301 e. The van der Waals surface area contributed by atoms with Crippen molar-refractivity contribution in [2.75, 3.05) is 39.3 Å². The van der Waals surface area contributed by atoms with Crippen molar-refractivity contribution in [2.45, 2.75) is 26.7 Å². The molecule has 1 aliphatic heterocycles. The van der Waals surface area contributed by atoms with Crippen molar-refractivity contribution in [3.05, 3.63) is 35.4 Å². The Labute approximate surface area is 122 Å². The Morgan fingerprint density at radius 2 is 1.65 bits per heavy atom. The molecule has 0 atom stereocenters. The van der Waals surface area contributed by atoms with E-state index in [9.17, 15) is 4.79 Å². The smallest absolute Gasteiger partial charge is 0.164 e. The Bertz CT molecular complexity index is 436. The van der Waals surface area contributed by atoms with Gasteiger partial charge in [0.25, 0.3) is 0 Å². The molecule has 1 aliphatic rings. The maximum Gasteiger partial charge on any atom is 0.164 e. The Morgan fingerprint density at radius 3 is 2.25 bits per heavy atom. The van der Waals surface area contributed by atoms with Gasteiger partial charge in [-0.1, -0.05) is 31.2 Å². The normalized spacial score (nSPS) is 17.3. The number of hydrogen-bond donors (Lipinski definition) is 0. The molecule has 2 rings (SSSR count). The van der Waals surface area contributed by atoms with Crippen LogP contribution in [-0.2, 0) is 0 Å². The molecule has 0 bridgehead atoms. The molecule has 0 spiro atoms. The molecule has 1 saturated heterocycles. The molecule has 0 aromatic heterocycles.